The molecule has 0 aliphatic carbocycles. The summed E-state index contributed by atoms with van der Waals surface area (Å²) >= 11 is 12.5. The molecular weight excluding hydrogens is 305 g/mol. The van der Waals surface area contributed by atoms with Gasteiger partial charge in [0.1, 0.15) is 5.75 Å². The Morgan fingerprint density at radius 1 is 1.24 bits per heavy atom. The number of hydrogen-bond donors (Lipinski definition) is 1. The minimum atomic E-state index is 0.121. The molecule has 0 saturated carbocycles. The molecule has 1 N–H and O–H groups in total. The first kappa shape index (κ1) is 14.7. The Bertz CT molecular complexity index is 657. The van der Waals surface area contributed by atoms with E-state index in [0.29, 0.717) is 0 Å². The van der Waals surface area contributed by atoms with E-state index in [4.69, 9.17) is 27.9 Å². The number of nitrogens with one attached hydrogen (secondary N) is 1. The number of rotatable bonds is 4. The van der Waals surface area contributed by atoms with Gasteiger partial charge in [0.15, 0.2) is 0 Å². The van der Waals surface area contributed by atoms with Gasteiger partial charge in [-0.1, -0.05) is 41.4 Å². The van der Waals surface area contributed by atoms with Crippen LogP contribution in [0.3, 0.4) is 0 Å². The van der Waals surface area contributed by atoms with Crippen molar-refractivity contribution in [3.8, 4) is 5.75 Å². The van der Waals surface area contributed by atoms with Crippen LogP contribution < -0.4 is 10.1 Å². The molecule has 0 aromatic heterocycles. The van der Waals surface area contributed by atoms with Crippen LogP contribution in [0.1, 0.15) is 22.7 Å². The van der Waals surface area contributed by atoms with Gasteiger partial charge in [-0.05, 0) is 42.8 Å². The molecule has 0 saturated heterocycles. The Balaban J connectivity index is 1.96. The highest BCUT2D eigenvalue weighted by Crippen LogP contribution is 2.37. The van der Waals surface area contributed by atoms with Gasteiger partial charge in [0, 0.05) is 28.1 Å². The second kappa shape index (κ2) is 6.27. The van der Waals surface area contributed by atoms with Crippen LogP contribution in [0, 0.1) is 0 Å². The van der Waals surface area contributed by atoms with Crippen molar-refractivity contribution in [3.63, 3.8) is 0 Å². The lowest BCUT2D eigenvalue weighted by Crippen LogP contribution is -2.19. The summed E-state index contributed by atoms with van der Waals surface area (Å²) in [6.07, 6.45) is 1.72. The van der Waals surface area contributed by atoms with Crippen LogP contribution in [0.25, 0.3) is 0 Å². The first-order valence-electron chi connectivity index (χ1n) is 7.05. The molecule has 1 unspecified atom stereocenters. The van der Waals surface area contributed by atoms with E-state index < -0.39 is 0 Å². The third-order valence-corrected chi connectivity index (χ3v) is 4.47. The van der Waals surface area contributed by atoms with Crippen molar-refractivity contribution >= 4 is 23.2 Å². The van der Waals surface area contributed by atoms with E-state index in [1.165, 1.54) is 5.56 Å². The van der Waals surface area contributed by atoms with Crippen molar-refractivity contribution in [3.05, 3.63) is 63.1 Å². The molecule has 21 heavy (non-hydrogen) atoms. The van der Waals surface area contributed by atoms with E-state index >= 15 is 0 Å². The first-order valence-corrected chi connectivity index (χ1v) is 7.80. The molecule has 0 bridgehead atoms. The van der Waals surface area contributed by atoms with E-state index in [2.05, 4.69) is 11.4 Å². The van der Waals surface area contributed by atoms with Crippen molar-refractivity contribution < 1.29 is 4.74 Å². The summed E-state index contributed by atoms with van der Waals surface area (Å²) in [5.74, 6) is 0.978. The molecule has 2 aromatic carbocycles. The quantitative estimate of drug-likeness (QED) is 0.899. The SMILES string of the molecule is CNC(Cc1ccccc1Cl)c1cc(Cl)cc2c1OCC2. The topological polar surface area (TPSA) is 21.3 Å². The molecule has 2 aromatic rings. The molecule has 4 heteroatoms. The molecule has 0 spiro atoms. The highest BCUT2D eigenvalue weighted by Gasteiger charge is 2.23. The highest BCUT2D eigenvalue weighted by molar-refractivity contribution is 6.31. The monoisotopic (exact) mass is 321 g/mol. The average Bonchev–Trinajstić information content (AvgIpc) is 2.94. The smallest absolute Gasteiger partial charge is 0.127 e. The zero-order chi connectivity index (χ0) is 14.8. The highest BCUT2D eigenvalue weighted by atomic mass is 35.5. The summed E-state index contributed by atoms with van der Waals surface area (Å²) < 4.78 is 5.80. The Morgan fingerprint density at radius 3 is 2.81 bits per heavy atom. The normalized spacial score (nSPS) is 14.6. The minimum Gasteiger partial charge on any atom is -0.493 e. The summed E-state index contributed by atoms with van der Waals surface area (Å²) in [5.41, 5.74) is 3.42. The largest absolute Gasteiger partial charge is 0.493 e. The number of hydrogen-bond acceptors (Lipinski definition) is 2. The molecule has 1 heterocycles. The van der Waals surface area contributed by atoms with Crippen LogP contribution in [0.5, 0.6) is 5.75 Å². The summed E-state index contributed by atoms with van der Waals surface area (Å²) in [6.45, 7) is 0.727. The zero-order valence-corrected chi connectivity index (χ0v) is 13.3. The lowest BCUT2D eigenvalue weighted by atomic mass is 9.96. The molecule has 1 aliphatic rings. The second-order valence-corrected chi connectivity index (χ2v) is 6.06. The fourth-order valence-electron chi connectivity index (χ4n) is 2.81. The molecule has 2 nitrogen and oxygen atoms in total. The number of likely N-dealkylation sites (N-methyl/N-ethyl adjacent to an activating group) is 1. The standard InChI is InChI=1S/C17H17Cl2NO/c1-20-16(9-11-4-2-3-5-15(11)19)14-10-13(18)8-12-6-7-21-17(12)14/h2-5,8,10,16,20H,6-7,9H2,1H3. The van der Waals surface area contributed by atoms with Gasteiger partial charge in [0.25, 0.3) is 0 Å². The summed E-state index contributed by atoms with van der Waals surface area (Å²) in [6, 6.07) is 12.0. The molecule has 0 amide bonds. The predicted molar refractivity (Wildman–Crippen MR) is 87.6 cm³/mol. The third-order valence-electron chi connectivity index (χ3n) is 3.88. The number of halogens is 2. The van der Waals surface area contributed by atoms with Gasteiger partial charge >= 0.3 is 0 Å². The van der Waals surface area contributed by atoms with Crippen LogP contribution in [-0.4, -0.2) is 13.7 Å². The lowest BCUT2D eigenvalue weighted by molar-refractivity contribution is 0.349. The number of fused-ring (bicyclic) bond motifs is 1. The zero-order valence-electron chi connectivity index (χ0n) is 11.8. The summed E-state index contributed by atoms with van der Waals surface area (Å²) in [7, 11) is 1.95. The van der Waals surface area contributed by atoms with Gasteiger partial charge < -0.3 is 10.1 Å². The first-order chi connectivity index (χ1) is 10.2. The molecule has 110 valence electrons. The molecule has 1 aliphatic heterocycles. The summed E-state index contributed by atoms with van der Waals surface area (Å²) in [4.78, 5) is 0. The Morgan fingerprint density at radius 2 is 2.05 bits per heavy atom. The van der Waals surface area contributed by atoms with Gasteiger partial charge in [-0.25, -0.2) is 0 Å². The lowest BCUT2D eigenvalue weighted by Gasteiger charge is -2.20. The van der Waals surface area contributed by atoms with E-state index in [1.807, 2.05) is 37.4 Å². The minimum absolute atomic E-state index is 0.121. The van der Waals surface area contributed by atoms with Crippen LogP contribution in [0.2, 0.25) is 10.0 Å². The van der Waals surface area contributed by atoms with Crippen molar-refractivity contribution in [2.75, 3.05) is 13.7 Å². The maximum atomic E-state index is 6.28. The maximum absolute atomic E-state index is 6.28. The van der Waals surface area contributed by atoms with Crippen LogP contribution in [0.15, 0.2) is 36.4 Å². The Labute approximate surface area is 135 Å². The van der Waals surface area contributed by atoms with Crippen molar-refractivity contribution in [1.82, 2.24) is 5.32 Å². The second-order valence-electron chi connectivity index (χ2n) is 5.22. The number of ether oxygens (including phenoxy) is 1. The van der Waals surface area contributed by atoms with Crippen LogP contribution in [0.4, 0.5) is 0 Å². The molecule has 0 radical (unpaired) electrons. The number of benzene rings is 2. The van der Waals surface area contributed by atoms with E-state index in [-0.39, 0.29) is 6.04 Å². The Hall–Kier alpha value is -1.22. The van der Waals surface area contributed by atoms with E-state index in [0.717, 1.165) is 46.4 Å². The predicted octanol–water partition coefficient (Wildman–Crippen LogP) is 4.43. The van der Waals surface area contributed by atoms with Crippen LogP contribution in [-0.2, 0) is 12.8 Å². The fourth-order valence-corrected chi connectivity index (χ4v) is 3.27. The third kappa shape index (κ3) is 3.03. The summed E-state index contributed by atoms with van der Waals surface area (Å²) in [5, 5.41) is 4.90. The molecule has 0 fully saturated rings. The van der Waals surface area contributed by atoms with Gasteiger partial charge in [-0.2, -0.15) is 0 Å². The maximum Gasteiger partial charge on any atom is 0.127 e. The fraction of sp³-hybridized carbons (Fsp3) is 0.294. The Kier molecular flexibility index (Phi) is 4.39. The molecule has 1 atom stereocenters. The van der Waals surface area contributed by atoms with Crippen molar-refractivity contribution in [1.29, 1.82) is 0 Å². The average molecular weight is 322 g/mol. The van der Waals surface area contributed by atoms with Crippen molar-refractivity contribution in [2.45, 2.75) is 18.9 Å². The van der Waals surface area contributed by atoms with Crippen molar-refractivity contribution in [2.24, 2.45) is 0 Å². The van der Waals surface area contributed by atoms with Gasteiger partial charge in [0.2, 0.25) is 0 Å². The van der Waals surface area contributed by atoms with Gasteiger partial charge in [0.05, 0.1) is 6.61 Å². The molecular formula is C17H17Cl2NO. The van der Waals surface area contributed by atoms with Gasteiger partial charge in [-0.3, -0.25) is 0 Å². The van der Waals surface area contributed by atoms with Gasteiger partial charge in [-0.15, -0.1) is 0 Å². The molecule has 3 rings (SSSR count). The van der Waals surface area contributed by atoms with Crippen LogP contribution >= 0.6 is 23.2 Å². The van der Waals surface area contributed by atoms with E-state index in [9.17, 15) is 0 Å². The van der Waals surface area contributed by atoms with E-state index in [1.54, 1.807) is 0 Å².